The number of ether oxygens (including phenoxy) is 1. The number of hydrogen-bond acceptors (Lipinski definition) is 3. The summed E-state index contributed by atoms with van der Waals surface area (Å²) in [5.41, 5.74) is 2.90. The molecule has 1 aliphatic heterocycles. The van der Waals surface area contributed by atoms with E-state index in [0.29, 0.717) is 29.2 Å². The molecule has 0 saturated carbocycles. The average molecular weight is 437 g/mol. The smallest absolute Gasteiger partial charge is 0.265 e. The molecular formula is C22H17BrN2O3. The van der Waals surface area contributed by atoms with Crippen molar-refractivity contribution >= 4 is 39.1 Å². The fourth-order valence-corrected chi connectivity index (χ4v) is 3.29. The Morgan fingerprint density at radius 1 is 1.04 bits per heavy atom. The van der Waals surface area contributed by atoms with Gasteiger partial charge in [-0.2, -0.15) is 0 Å². The van der Waals surface area contributed by atoms with Gasteiger partial charge in [0, 0.05) is 21.8 Å². The van der Waals surface area contributed by atoms with Crippen molar-refractivity contribution in [3.63, 3.8) is 0 Å². The molecule has 28 heavy (non-hydrogen) atoms. The third-order valence-corrected chi connectivity index (χ3v) is 4.98. The van der Waals surface area contributed by atoms with E-state index >= 15 is 0 Å². The number of benzene rings is 3. The van der Waals surface area contributed by atoms with Crippen molar-refractivity contribution in [2.24, 2.45) is 0 Å². The Labute approximate surface area is 171 Å². The normalized spacial score (nSPS) is 12.9. The zero-order valence-corrected chi connectivity index (χ0v) is 16.5. The Balaban J connectivity index is 1.55. The monoisotopic (exact) mass is 436 g/mol. The van der Waals surface area contributed by atoms with E-state index in [4.69, 9.17) is 4.74 Å². The van der Waals surface area contributed by atoms with E-state index in [1.54, 1.807) is 35.2 Å². The summed E-state index contributed by atoms with van der Waals surface area (Å²) < 4.78 is 6.51. The molecule has 3 aromatic rings. The maximum atomic E-state index is 12.4. The van der Waals surface area contributed by atoms with Crippen LogP contribution in [0.15, 0.2) is 77.3 Å². The Morgan fingerprint density at radius 3 is 2.54 bits per heavy atom. The van der Waals surface area contributed by atoms with Crippen molar-refractivity contribution in [2.75, 3.05) is 16.8 Å². The largest absolute Gasteiger partial charge is 0.481 e. The fourth-order valence-electron chi connectivity index (χ4n) is 3.03. The van der Waals surface area contributed by atoms with Gasteiger partial charge in [0.25, 0.3) is 11.8 Å². The summed E-state index contributed by atoms with van der Waals surface area (Å²) in [4.78, 5) is 26.5. The van der Waals surface area contributed by atoms with E-state index in [1.807, 2.05) is 42.5 Å². The molecule has 0 aromatic heterocycles. The summed E-state index contributed by atoms with van der Waals surface area (Å²) in [6.07, 6.45) is 0. The topological polar surface area (TPSA) is 58.6 Å². The third kappa shape index (κ3) is 3.92. The van der Waals surface area contributed by atoms with Gasteiger partial charge in [-0.1, -0.05) is 46.3 Å². The third-order valence-electron chi connectivity index (χ3n) is 4.45. The van der Waals surface area contributed by atoms with Crippen LogP contribution < -0.4 is 15.0 Å². The van der Waals surface area contributed by atoms with Crippen LogP contribution >= 0.6 is 15.9 Å². The van der Waals surface area contributed by atoms with Crippen LogP contribution in [0.25, 0.3) is 0 Å². The predicted molar refractivity (Wildman–Crippen MR) is 112 cm³/mol. The van der Waals surface area contributed by atoms with Crippen LogP contribution in [-0.4, -0.2) is 18.4 Å². The highest BCUT2D eigenvalue weighted by molar-refractivity contribution is 9.10. The quantitative estimate of drug-likeness (QED) is 0.648. The molecule has 0 atom stereocenters. The lowest BCUT2D eigenvalue weighted by molar-refractivity contribution is -0.121. The molecule has 5 nitrogen and oxygen atoms in total. The van der Waals surface area contributed by atoms with Crippen LogP contribution in [0.5, 0.6) is 5.75 Å². The summed E-state index contributed by atoms with van der Waals surface area (Å²) in [7, 11) is 0. The second kappa shape index (κ2) is 7.86. The second-order valence-electron chi connectivity index (χ2n) is 6.40. The van der Waals surface area contributed by atoms with Gasteiger partial charge in [-0.25, -0.2) is 0 Å². The number of nitrogens with zero attached hydrogens (tertiary/aromatic N) is 1. The van der Waals surface area contributed by atoms with Gasteiger partial charge in [-0.15, -0.1) is 0 Å². The Hall–Kier alpha value is -3.12. The molecule has 6 heteroatoms. The molecule has 2 amide bonds. The molecule has 1 heterocycles. The minimum absolute atomic E-state index is 0.0239. The minimum atomic E-state index is -0.208. The molecule has 3 aromatic carbocycles. The SMILES string of the molecule is O=C(Nc1ccc2c(c1)OCC(=O)N2Cc1ccccc1)c1ccc(Br)cc1. The number of anilines is 2. The molecule has 0 aliphatic carbocycles. The average Bonchev–Trinajstić information content (AvgIpc) is 2.71. The summed E-state index contributed by atoms with van der Waals surface area (Å²) in [5, 5.41) is 2.87. The van der Waals surface area contributed by atoms with E-state index < -0.39 is 0 Å². The molecule has 0 radical (unpaired) electrons. The molecule has 1 N–H and O–H groups in total. The first-order valence-electron chi connectivity index (χ1n) is 8.78. The Bertz CT molecular complexity index is 1020. The second-order valence-corrected chi connectivity index (χ2v) is 7.31. The first-order valence-corrected chi connectivity index (χ1v) is 9.57. The van der Waals surface area contributed by atoms with Gasteiger partial charge in [0.15, 0.2) is 6.61 Å². The van der Waals surface area contributed by atoms with Gasteiger partial charge >= 0.3 is 0 Å². The lowest BCUT2D eigenvalue weighted by Crippen LogP contribution is -2.38. The standard InChI is InChI=1S/C22H17BrN2O3/c23-17-8-6-16(7-9-17)22(27)24-18-10-11-19-20(12-18)28-14-21(26)25(19)13-15-4-2-1-3-5-15/h1-12H,13-14H2,(H,24,27). The van der Waals surface area contributed by atoms with Gasteiger partial charge in [0.05, 0.1) is 12.2 Å². The van der Waals surface area contributed by atoms with Crippen molar-refractivity contribution in [1.82, 2.24) is 0 Å². The Morgan fingerprint density at radius 2 is 1.79 bits per heavy atom. The number of halogens is 1. The fraction of sp³-hybridized carbons (Fsp3) is 0.0909. The number of amides is 2. The first-order chi connectivity index (χ1) is 13.6. The molecule has 4 rings (SSSR count). The van der Waals surface area contributed by atoms with Crippen LogP contribution in [0.2, 0.25) is 0 Å². The van der Waals surface area contributed by atoms with Crippen LogP contribution in [0.3, 0.4) is 0 Å². The lowest BCUT2D eigenvalue weighted by Gasteiger charge is -2.29. The summed E-state index contributed by atoms with van der Waals surface area (Å²) in [6.45, 7) is 0.449. The number of carbonyl (C=O) groups is 2. The summed E-state index contributed by atoms with van der Waals surface area (Å²) >= 11 is 3.36. The number of nitrogens with one attached hydrogen (secondary N) is 1. The van der Waals surface area contributed by atoms with E-state index in [9.17, 15) is 9.59 Å². The van der Waals surface area contributed by atoms with E-state index in [2.05, 4.69) is 21.2 Å². The van der Waals surface area contributed by atoms with Crippen molar-refractivity contribution in [1.29, 1.82) is 0 Å². The highest BCUT2D eigenvalue weighted by atomic mass is 79.9. The van der Waals surface area contributed by atoms with Crippen LogP contribution in [0, 0.1) is 0 Å². The van der Waals surface area contributed by atoms with Crippen molar-refractivity contribution < 1.29 is 14.3 Å². The molecule has 0 fully saturated rings. The van der Waals surface area contributed by atoms with Crippen LogP contribution in [0.4, 0.5) is 11.4 Å². The molecule has 0 spiro atoms. The van der Waals surface area contributed by atoms with E-state index in [-0.39, 0.29) is 18.4 Å². The molecular weight excluding hydrogens is 420 g/mol. The van der Waals surface area contributed by atoms with Crippen molar-refractivity contribution in [3.8, 4) is 5.75 Å². The first kappa shape index (κ1) is 18.3. The molecule has 0 bridgehead atoms. The Kier molecular flexibility index (Phi) is 5.12. The molecule has 0 saturated heterocycles. The van der Waals surface area contributed by atoms with E-state index in [1.165, 1.54) is 0 Å². The van der Waals surface area contributed by atoms with Gasteiger partial charge in [0.2, 0.25) is 0 Å². The molecule has 1 aliphatic rings. The molecule has 140 valence electrons. The van der Waals surface area contributed by atoms with Gasteiger partial charge in [-0.3, -0.25) is 9.59 Å². The summed E-state index contributed by atoms with van der Waals surface area (Å²) in [6, 6.07) is 22.2. The minimum Gasteiger partial charge on any atom is -0.481 e. The number of hydrogen-bond donors (Lipinski definition) is 1. The number of rotatable bonds is 4. The maximum Gasteiger partial charge on any atom is 0.265 e. The van der Waals surface area contributed by atoms with Crippen molar-refractivity contribution in [2.45, 2.75) is 6.54 Å². The van der Waals surface area contributed by atoms with Crippen LogP contribution in [0.1, 0.15) is 15.9 Å². The van der Waals surface area contributed by atoms with Gasteiger partial charge in [0.1, 0.15) is 5.75 Å². The zero-order valence-electron chi connectivity index (χ0n) is 14.9. The van der Waals surface area contributed by atoms with Crippen molar-refractivity contribution in [3.05, 3.63) is 88.4 Å². The number of carbonyl (C=O) groups excluding carboxylic acids is 2. The highest BCUT2D eigenvalue weighted by Gasteiger charge is 2.26. The lowest BCUT2D eigenvalue weighted by atomic mass is 10.1. The van der Waals surface area contributed by atoms with Crippen LogP contribution in [-0.2, 0) is 11.3 Å². The number of fused-ring (bicyclic) bond motifs is 1. The maximum absolute atomic E-state index is 12.4. The molecule has 0 unspecified atom stereocenters. The summed E-state index contributed by atoms with van der Waals surface area (Å²) in [5.74, 6) is 0.271. The van der Waals surface area contributed by atoms with E-state index in [0.717, 1.165) is 10.0 Å². The van der Waals surface area contributed by atoms with Gasteiger partial charge < -0.3 is 15.0 Å². The highest BCUT2D eigenvalue weighted by Crippen LogP contribution is 2.35. The predicted octanol–water partition coefficient (Wildman–Crippen LogP) is 4.63. The zero-order chi connectivity index (χ0) is 19.5. The van der Waals surface area contributed by atoms with Gasteiger partial charge in [-0.05, 0) is 42.0 Å².